The first kappa shape index (κ1) is 28.1. The molecular formula is C26H27F6N3O2. The Labute approximate surface area is 210 Å². The number of ether oxygens (including phenoxy) is 1. The van der Waals surface area contributed by atoms with Gasteiger partial charge in [0, 0.05) is 30.6 Å². The summed E-state index contributed by atoms with van der Waals surface area (Å²) < 4.78 is 85.0. The number of carbonyl (C=O) groups is 1. The molecule has 0 saturated carbocycles. The molecule has 200 valence electrons. The molecule has 0 aliphatic rings. The van der Waals surface area contributed by atoms with Crippen LogP contribution >= 0.6 is 0 Å². The molecule has 0 N–H and O–H groups in total. The minimum Gasteiger partial charge on any atom is -0.453 e. The van der Waals surface area contributed by atoms with Gasteiger partial charge in [-0.2, -0.15) is 26.3 Å². The number of carbonyl (C=O) groups excluding carboxylic acids is 1. The number of halogens is 6. The minimum absolute atomic E-state index is 0.0568. The number of aromatic nitrogens is 1. The van der Waals surface area contributed by atoms with Gasteiger partial charge in [0.15, 0.2) is 0 Å². The van der Waals surface area contributed by atoms with E-state index in [2.05, 4.69) is 0 Å². The lowest BCUT2D eigenvalue weighted by Crippen LogP contribution is -2.32. The summed E-state index contributed by atoms with van der Waals surface area (Å²) >= 11 is 0. The van der Waals surface area contributed by atoms with Crippen LogP contribution < -0.4 is 4.90 Å². The standard InChI is InChI=1S/C26H27F6N3O2/c1-4-10-34(5-2)23-19(13-18-8-6-7-9-22(18)33-23)16-35(24(36)37-3)15-17-11-20(25(27,28)29)14-21(12-17)26(30,31)32/h6-9,11-14H,4-5,10,15-16H2,1-3H3. The number of benzene rings is 2. The molecule has 1 amide bonds. The minimum atomic E-state index is -5.00. The zero-order valence-electron chi connectivity index (χ0n) is 20.6. The molecule has 0 aliphatic heterocycles. The third kappa shape index (κ3) is 6.84. The van der Waals surface area contributed by atoms with Gasteiger partial charge in [-0.05, 0) is 49.2 Å². The van der Waals surface area contributed by atoms with Crippen LogP contribution in [0.25, 0.3) is 10.9 Å². The second-order valence-electron chi connectivity index (χ2n) is 8.48. The predicted octanol–water partition coefficient (Wildman–Crippen LogP) is 7.28. The van der Waals surface area contributed by atoms with Gasteiger partial charge in [-0.1, -0.05) is 25.1 Å². The van der Waals surface area contributed by atoms with Crippen molar-refractivity contribution in [3.63, 3.8) is 0 Å². The molecule has 0 unspecified atom stereocenters. The van der Waals surface area contributed by atoms with Crippen LogP contribution in [-0.4, -0.2) is 36.2 Å². The van der Waals surface area contributed by atoms with Crippen LogP contribution in [0.1, 0.15) is 42.5 Å². The summed E-state index contributed by atoms with van der Waals surface area (Å²) in [7, 11) is 1.09. The Bertz CT molecular complexity index is 1210. The van der Waals surface area contributed by atoms with Crippen LogP contribution in [0.15, 0.2) is 48.5 Å². The molecule has 3 rings (SSSR count). The highest BCUT2D eigenvalue weighted by Gasteiger charge is 2.37. The number of pyridine rings is 1. The Morgan fingerprint density at radius 3 is 2.08 bits per heavy atom. The highest BCUT2D eigenvalue weighted by atomic mass is 19.4. The first-order chi connectivity index (χ1) is 17.4. The lowest BCUT2D eigenvalue weighted by molar-refractivity contribution is -0.143. The first-order valence-electron chi connectivity index (χ1n) is 11.6. The molecule has 0 spiro atoms. The fourth-order valence-electron chi connectivity index (χ4n) is 4.07. The van der Waals surface area contributed by atoms with Gasteiger partial charge in [-0.3, -0.25) is 4.90 Å². The summed E-state index contributed by atoms with van der Waals surface area (Å²) in [5, 5.41) is 0.775. The second kappa shape index (κ2) is 11.3. The second-order valence-corrected chi connectivity index (χ2v) is 8.48. The number of fused-ring (bicyclic) bond motifs is 1. The molecule has 1 aromatic heterocycles. The van der Waals surface area contributed by atoms with Crippen LogP contribution in [0.5, 0.6) is 0 Å². The molecular weight excluding hydrogens is 500 g/mol. The largest absolute Gasteiger partial charge is 0.453 e. The summed E-state index contributed by atoms with van der Waals surface area (Å²) in [5.74, 6) is 0.581. The van der Waals surface area contributed by atoms with Gasteiger partial charge < -0.3 is 9.64 Å². The Kier molecular flexibility index (Phi) is 8.55. The molecule has 0 fully saturated rings. The number of rotatable bonds is 8. The highest BCUT2D eigenvalue weighted by molar-refractivity contribution is 5.82. The molecule has 37 heavy (non-hydrogen) atoms. The van der Waals surface area contributed by atoms with E-state index in [1.807, 2.05) is 49.1 Å². The SMILES string of the molecule is CCCN(CC)c1nc2ccccc2cc1CN(Cc1cc(C(F)(F)F)cc(C(F)(F)F)c1)C(=O)OC. The number of methoxy groups -OCH3 is 1. The van der Waals surface area contributed by atoms with Crippen LogP contribution in [0.4, 0.5) is 37.0 Å². The summed E-state index contributed by atoms with van der Waals surface area (Å²) in [6.45, 7) is 4.53. The van der Waals surface area contributed by atoms with Gasteiger partial charge in [-0.15, -0.1) is 0 Å². The van der Waals surface area contributed by atoms with Gasteiger partial charge in [0.05, 0.1) is 30.3 Å². The topological polar surface area (TPSA) is 45.7 Å². The maximum Gasteiger partial charge on any atom is 0.416 e. The number of hydrogen-bond donors (Lipinski definition) is 0. The lowest BCUT2D eigenvalue weighted by Gasteiger charge is -2.28. The van der Waals surface area contributed by atoms with Crippen molar-refractivity contribution < 1.29 is 35.9 Å². The van der Waals surface area contributed by atoms with Gasteiger partial charge in [0.1, 0.15) is 5.82 Å². The van der Waals surface area contributed by atoms with Gasteiger partial charge in [0.25, 0.3) is 0 Å². The summed E-state index contributed by atoms with van der Waals surface area (Å²) in [4.78, 5) is 20.5. The molecule has 0 aliphatic carbocycles. The average molecular weight is 528 g/mol. The predicted molar refractivity (Wildman–Crippen MR) is 128 cm³/mol. The van der Waals surface area contributed by atoms with Crippen molar-refractivity contribution in [2.24, 2.45) is 0 Å². The molecule has 3 aromatic rings. The summed E-state index contributed by atoms with van der Waals surface area (Å²) in [6, 6.07) is 10.4. The maximum absolute atomic E-state index is 13.4. The quantitative estimate of drug-likeness (QED) is 0.289. The van der Waals surface area contributed by atoms with E-state index in [0.29, 0.717) is 42.1 Å². The van der Waals surface area contributed by atoms with Crippen LogP contribution in [0.2, 0.25) is 0 Å². The van der Waals surface area contributed by atoms with Crippen molar-refractivity contribution in [3.8, 4) is 0 Å². The van der Waals surface area contributed by atoms with Crippen LogP contribution in [-0.2, 0) is 30.2 Å². The Hall–Kier alpha value is -3.50. The van der Waals surface area contributed by atoms with Gasteiger partial charge >= 0.3 is 18.4 Å². The number of para-hydroxylation sites is 1. The van der Waals surface area contributed by atoms with Crippen molar-refractivity contribution in [1.29, 1.82) is 0 Å². The van der Waals surface area contributed by atoms with Crippen LogP contribution in [0.3, 0.4) is 0 Å². The monoisotopic (exact) mass is 527 g/mol. The van der Waals surface area contributed by atoms with Crippen molar-refractivity contribution in [2.45, 2.75) is 45.7 Å². The summed E-state index contributed by atoms with van der Waals surface area (Å²) in [5.41, 5.74) is -1.93. The lowest BCUT2D eigenvalue weighted by atomic mass is 10.0. The fourth-order valence-corrected chi connectivity index (χ4v) is 4.07. The Balaban J connectivity index is 2.08. The van der Waals surface area contributed by atoms with Crippen molar-refractivity contribution >= 4 is 22.8 Å². The van der Waals surface area contributed by atoms with E-state index in [0.717, 1.165) is 23.8 Å². The van der Waals surface area contributed by atoms with Crippen molar-refractivity contribution in [3.05, 3.63) is 70.8 Å². The molecule has 1 heterocycles. The first-order valence-corrected chi connectivity index (χ1v) is 11.6. The summed E-state index contributed by atoms with van der Waals surface area (Å²) in [6.07, 6.45) is -10.1. The highest BCUT2D eigenvalue weighted by Crippen LogP contribution is 2.37. The third-order valence-electron chi connectivity index (χ3n) is 5.77. The third-order valence-corrected chi connectivity index (χ3v) is 5.77. The van der Waals surface area contributed by atoms with Gasteiger partial charge in [0.2, 0.25) is 0 Å². The molecule has 0 bridgehead atoms. The molecule has 5 nitrogen and oxygen atoms in total. The fraction of sp³-hybridized carbons (Fsp3) is 0.385. The zero-order chi connectivity index (χ0) is 27.4. The van der Waals surface area contributed by atoms with E-state index in [1.165, 1.54) is 0 Å². The van der Waals surface area contributed by atoms with E-state index in [-0.39, 0.29) is 18.2 Å². The van der Waals surface area contributed by atoms with Crippen molar-refractivity contribution in [1.82, 2.24) is 9.88 Å². The van der Waals surface area contributed by atoms with Gasteiger partial charge in [-0.25, -0.2) is 9.78 Å². The Morgan fingerprint density at radius 1 is 0.919 bits per heavy atom. The number of alkyl halides is 6. The molecule has 0 atom stereocenters. The molecule has 0 saturated heterocycles. The zero-order valence-corrected chi connectivity index (χ0v) is 20.6. The normalized spacial score (nSPS) is 12.0. The van der Waals surface area contributed by atoms with E-state index < -0.39 is 36.1 Å². The average Bonchev–Trinajstić information content (AvgIpc) is 2.84. The van der Waals surface area contributed by atoms with E-state index in [9.17, 15) is 31.1 Å². The number of hydrogen-bond acceptors (Lipinski definition) is 4. The van der Waals surface area contributed by atoms with E-state index in [4.69, 9.17) is 9.72 Å². The van der Waals surface area contributed by atoms with E-state index >= 15 is 0 Å². The number of amides is 1. The maximum atomic E-state index is 13.4. The van der Waals surface area contributed by atoms with E-state index in [1.54, 1.807) is 0 Å². The smallest absolute Gasteiger partial charge is 0.416 e. The van der Waals surface area contributed by atoms with Crippen LogP contribution in [0, 0.1) is 0 Å². The number of nitrogens with zero attached hydrogens (tertiary/aromatic N) is 3. The Morgan fingerprint density at radius 2 is 1.54 bits per heavy atom. The molecule has 0 radical (unpaired) electrons. The molecule has 2 aromatic carbocycles. The molecule has 11 heteroatoms. The van der Waals surface area contributed by atoms with Crippen molar-refractivity contribution in [2.75, 3.05) is 25.1 Å². The number of anilines is 1.